The maximum absolute atomic E-state index is 13.7. The zero-order valence-electron chi connectivity index (χ0n) is 12.0. The number of hydrogen-bond donors (Lipinski definition) is 2. The van der Waals surface area contributed by atoms with Gasteiger partial charge in [0.25, 0.3) is 0 Å². The fourth-order valence-corrected chi connectivity index (χ4v) is 3.00. The van der Waals surface area contributed by atoms with Crippen LogP contribution in [0.15, 0.2) is 18.2 Å². The first-order chi connectivity index (χ1) is 9.50. The van der Waals surface area contributed by atoms with Crippen LogP contribution in [0.5, 0.6) is 0 Å². The van der Waals surface area contributed by atoms with Crippen LogP contribution in [-0.2, 0) is 0 Å². The van der Waals surface area contributed by atoms with Gasteiger partial charge in [-0.1, -0.05) is 19.4 Å². The van der Waals surface area contributed by atoms with E-state index >= 15 is 0 Å². The van der Waals surface area contributed by atoms with Crippen molar-refractivity contribution in [1.82, 2.24) is 5.32 Å². The van der Waals surface area contributed by atoms with Gasteiger partial charge in [0, 0.05) is 24.1 Å². The monoisotopic (exact) mass is 276 g/mol. The summed E-state index contributed by atoms with van der Waals surface area (Å²) in [5.74, 6) is -0.477. The molecule has 0 amide bonds. The maximum atomic E-state index is 13.7. The van der Waals surface area contributed by atoms with Gasteiger partial charge in [-0.2, -0.15) is 5.26 Å². The van der Waals surface area contributed by atoms with Crippen LogP contribution < -0.4 is 5.32 Å². The largest absolute Gasteiger partial charge is 0.396 e. The number of aliphatic hydroxyl groups is 1. The minimum absolute atomic E-state index is 0.00813. The van der Waals surface area contributed by atoms with Crippen LogP contribution in [0.25, 0.3) is 0 Å². The van der Waals surface area contributed by atoms with Gasteiger partial charge in [0.05, 0.1) is 5.56 Å². The quantitative estimate of drug-likeness (QED) is 0.889. The molecular formula is C16H21FN2O. The lowest BCUT2D eigenvalue weighted by molar-refractivity contribution is 0.114. The summed E-state index contributed by atoms with van der Waals surface area (Å²) in [5.41, 5.74) is 0.801. The summed E-state index contributed by atoms with van der Waals surface area (Å²) in [4.78, 5) is 0. The zero-order chi connectivity index (χ0) is 14.8. The van der Waals surface area contributed by atoms with Crippen molar-refractivity contribution in [3.8, 4) is 6.07 Å². The highest BCUT2D eigenvalue weighted by atomic mass is 19.1. The van der Waals surface area contributed by atoms with Crippen LogP contribution >= 0.6 is 0 Å². The molecule has 108 valence electrons. The van der Waals surface area contributed by atoms with Crippen molar-refractivity contribution in [1.29, 1.82) is 5.26 Å². The zero-order valence-corrected chi connectivity index (χ0v) is 12.0. The molecule has 2 rings (SSSR count). The summed E-state index contributed by atoms with van der Waals surface area (Å²) in [6.45, 7) is 4.24. The first-order valence-electron chi connectivity index (χ1n) is 7.06. The van der Waals surface area contributed by atoms with Crippen molar-refractivity contribution in [2.45, 2.75) is 45.2 Å². The van der Waals surface area contributed by atoms with Gasteiger partial charge in [0.15, 0.2) is 0 Å². The van der Waals surface area contributed by atoms with E-state index < -0.39 is 5.82 Å². The smallest absolute Gasteiger partial charge is 0.141 e. The Balaban J connectivity index is 2.11. The lowest BCUT2D eigenvalue weighted by Crippen LogP contribution is -2.42. The lowest BCUT2D eigenvalue weighted by atomic mass is 9.85. The normalized spacial score (nSPS) is 27.2. The summed E-state index contributed by atoms with van der Waals surface area (Å²) in [5, 5.41) is 21.8. The number of nitrogens with one attached hydrogen (secondary N) is 1. The molecule has 2 N–H and O–H groups in total. The van der Waals surface area contributed by atoms with E-state index in [0.717, 1.165) is 24.8 Å². The summed E-state index contributed by atoms with van der Waals surface area (Å²) in [6.07, 6.45) is 3.14. The van der Waals surface area contributed by atoms with Crippen molar-refractivity contribution >= 4 is 0 Å². The predicted molar refractivity (Wildman–Crippen MR) is 75.5 cm³/mol. The molecule has 1 saturated carbocycles. The molecule has 0 spiro atoms. The van der Waals surface area contributed by atoms with Gasteiger partial charge in [-0.15, -0.1) is 0 Å². The third kappa shape index (κ3) is 2.84. The van der Waals surface area contributed by atoms with E-state index in [4.69, 9.17) is 5.26 Å². The first kappa shape index (κ1) is 15.0. The Hall–Kier alpha value is -1.44. The van der Waals surface area contributed by atoms with E-state index in [1.54, 1.807) is 6.07 Å². The molecule has 3 nitrogen and oxygen atoms in total. The lowest BCUT2D eigenvalue weighted by Gasteiger charge is -2.32. The molecule has 0 radical (unpaired) electrons. The molecule has 0 heterocycles. The molecule has 0 aliphatic heterocycles. The molecule has 3 unspecified atom stereocenters. The van der Waals surface area contributed by atoms with Gasteiger partial charge in [-0.3, -0.25) is 0 Å². The van der Waals surface area contributed by atoms with Gasteiger partial charge in [-0.05, 0) is 37.5 Å². The van der Waals surface area contributed by atoms with Crippen molar-refractivity contribution in [3.63, 3.8) is 0 Å². The average Bonchev–Trinajstić information content (AvgIpc) is 2.80. The third-order valence-electron chi connectivity index (χ3n) is 4.51. The van der Waals surface area contributed by atoms with Crippen LogP contribution in [0.1, 0.15) is 50.3 Å². The number of halogens is 1. The predicted octanol–water partition coefficient (Wildman–Crippen LogP) is 2.90. The fourth-order valence-electron chi connectivity index (χ4n) is 3.00. The summed E-state index contributed by atoms with van der Waals surface area (Å²) >= 11 is 0. The van der Waals surface area contributed by atoms with Crippen molar-refractivity contribution in [2.24, 2.45) is 5.41 Å². The molecule has 1 aliphatic rings. The Kier molecular flexibility index (Phi) is 4.42. The van der Waals surface area contributed by atoms with Crippen molar-refractivity contribution in [3.05, 3.63) is 35.1 Å². The SMILES string of the molecule is CC(NC1CCCC1(C)CO)c1ccc(C#N)c(F)c1. The average molecular weight is 276 g/mol. The summed E-state index contributed by atoms with van der Waals surface area (Å²) < 4.78 is 13.7. The van der Waals surface area contributed by atoms with Crippen molar-refractivity contribution < 1.29 is 9.50 Å². The van der Waals surface area contributed by atoms with Crippen LogP contribution in [-0.4, -0.2) is 17.8 Å². The summed E-state index contributed by atoms with van der Waals surface area (Å²) in [7, 11) is 0. The van der Waals surface area contributed by atoms with Crippen molar-refractivity contribution in [2.75, 3.05) is 6.61 Å². The molecular weight excluding hydrogens is 255 g/mol. The third-order valence-corrected chi connectivity index (χ3v) is 4.51. The molecule has 3 atom stereocenters. The van der Waals surface area contributed by atoms with Gasteiger partial charge in [-0.25, -0.2) is 4.39 Å². The molecule has 1 aromatic rings. The number of nitriles is 1. The Morgan fingerprint density at radius 1 is 1.60 bits per heavy atom. The van der Waals surface area contributed by atoms with Gasteiger partial charge >= 0.3 is 0 Å². The van der Waals surface area contributed by atoms with Crippen LogP contribution in [0.4, 0.5) is 4.39 Å². The highest BCUT2D eigenvalue weighted by Gasteiger charge is 2.38. The van der Waals surface area contributed by atoms with E-state index in [-0.39, 0.29) is 29.7 Å². The maximum Gasteiger partial charge on any atom is 0.141 e. The second-order valence-electron chi connectivity index (χ2n) is 6.00. The highest BCUT2D eigenvalue weighted by Crippen LogP contribution is 2.38. The molecule has 1 aromatic carbocycles. The van der Waals surface area contributed by atoms with E-state index in [9.17, 15) is 9.50 Å². The molecule has 1 aliphatic carbocycles. The number of rotatable bonds is 4. The first-order valence-corrected chi connectivity index (χ1v) is 7.06. The Labute approximate surface area is 119 Å². The van der Waals surface area contributed by atoms with E-state index in [2.05, 4.69) is 12.2 Å². The Morgan fingerprint density at radius 3 is 2.95 bits per heavy atom. The molecule has 20 heavy (non-hydrogen) atoms. The molecule has 1 fully saturated rings. The summed E-state index contributed by atoms with van der Waals surface area (Å²) in [6, 6.07) is 6.77. The van der Waals surface area contributed by atoms with Gasteiger partial charge in [0.2, 0.25) is 0 Å². The second-order valence-corrected chi connectivity index (χ2v) is 6.00. The minimum atomic E-state index is -0.477. The topological polar surface area (TPSA) is 56.0 Å². The number of nitrogens with zero attached hydrogens (tertiary/aromatic N) is 1. The molecule has 0 bridgehead atoms. The molecule has 0 saturated heterocycles. The Bertz CT molecular complexity index is 526. The number of aliphatic hydroxyl groups excluding tert-OH is 1. The minimum Gasteiger partial charge on any atom is -0.396 e. The standard InChI is InChI=1S/C16H21FN2O/c1-11(12-5-6-13(9-18)14(17)8-12)19-15-4-3-7-16(15,2)10-20/h5-6,8,11,15,19-20H,3-4,7,10H2,1-2H3. The van der Waals surface area contributed by atoms with Crippen LogP contribution in [0.2, 0.25) is 0 Å². The number of benzene rings is 1. The second kappa shape index (κ2) is 5.90. The van der Waals surface area contributed by atoms with Gasteiger partial charge in [0.1, 0.15) is 11.9 Å². The molecule has 0 aromatic heterocycles. The van der Waals surface area contributed by atoms with E-state index in [1.807, 2.05) is 13.0 Å². The van der Waals surface area contributed by atoms with Crippen LogP contribution in [0.3, 0.4) is 0 Å². The van der Waals surface area contributed by atoms with Crippen LogP contribution in [0, 0.1) is 22.6 Å². The number of hydrogen-bond acceptors (Lipinski definition) is 3. The van der Waals surface area contributed by atoms with Gasteiger partial charge < -0.3 is 10.4 Å². The Morgan fingerprint density at radius 2 is 2.35 bits per heavy atom. The fraction of sp³-hybridized carbons (Fsp3) is 0.562. The highest BCUT2D eigenvalue weighted by molar-refractivity contribution is 5.34. The van der Waals surface area contributed by atoms with E-state index in [1.165, 1.54) is 12.1 Å². The molecule has 4 heteroatoms. The van der Waals surface area contributed by atoms with E-state index in [0.29, 0.717) is 0 Å².